The fraction of sp³-hybridized carbons (Fsp3) is 0.286. The fourth-order valence-corrected chi connectivity index (χ4v) is 2.76. The molecule has 0 aromatic carbocycles. The summed E-state index contributed by atoms with van der Waals surface area (Å²) in [6.07, 6.45) is 2.70. The first-order chi connectivity index (χ1) is 11.5. The standard InChI is InChI=1S/C8H8BrNO3.C6H6BrNO3.ClH/c9-7-5(4-11)10-3-6-8(7)13-2-1-12-6;7-5-3(2-9)8-1-4(10)6(5)11;/h3,11H,1-2,4H2;1,9-10H,2H2,(H,8,11);1H. The van der Waals surface area contributed by atoms with Gasteiger partial charge < -0.3 is 29.8 Å². The molecule has 0 amide bonds. The van der Waals surface area contributed by atoms with Gasteiger partial charge >= 0.3 is 0 Å². The third-order valence-corrected chi connectivity index (χ3v) is 4.65. The van der Waals surface area contributed by atoms with Gasteiger partial charge in [0.15, 0.2) is 17.2 Å². The lowest BCUT2D eigenvalue weighted by Gasteiger charge is -2.19. The van der Waals surface area contributed by atoms with Gasteiger partial charge in [-0.1, -0.05) is 0 Å². The van der Waals surface area contributed by atoms with Gasteiger partial charge in [0.2, 0.25) is 5.43 Å². The molecule has 0 unspecified atom stereocenters. The Kier molecular flexibility index (Phi) is 8.66. The SMILES string of the molecule is Cl.O=c1c(O)c[nH]c(CO)c1Br.OCc1ncc2c(c1Br)OCCO2. The molecule has 0 atom stereocenters. The minimum atomic E-state index is -0.521. The summed E-state index contributed by atoms with van der Waals surface area (Å²) in [6, 6.07) is 0. The second-order valence-electron chi connectivity index (χ2n) is 4.52. The van der Waals surface area contributed by atoms with E-state index in [1.165, 1.54) is 0 Å². The summed E-state index contributed by atoms with van der Waals surface area (Å²) in [5.41, 5.74) is 0.393. The largest absolute Gasteiger partial charge is 0.503 e. The monoisotopic (exact) mass is 500 g/mol. The number of halogens is 3. The van der Waals surface area contributed by atoms with Crippen molar-refractivity contribution in [3.8, 4) is 17.2 Å². The number of aromatic amines is 1. The maximum Gasteiger partial charge on any atom is 0.237 e. The molecule has 2 aromatic heterocycles. The summed E-state index contributed by atoms with van der Waals surface area (Å²) >= 11 is 6.23. The van der Waals surface area contributed by atoms with Crippen molar-refractivity contribution in [2.45, 2.75) is 13.2 Å². The second kappa shape index (κ2) is 9.97. The molecular formula is C14H15Br2ClN2O6. The van der Waals surface area contributed by atoms with E-state index in [1.54, 1.807) is 6.20 Å². The molecule has 0 aliphatic carbocycles. The van der Waals surface area contributed by atoms with E-state index in [4.69, 9.17) is 24.8 Å². The average molecular weight is 503 g/mol. The Morgan fingerprint density at radius 3 is 2.48 bits per heavy atom. The van der Waals surface area contributed by atoms with Gasteiger partial charge in [0.05, 0.1) is 39.7 Å². The maximum absolute atomic E-state index is 10.9. The number of H-pyrrole nitrogens is 1. The number of aromatic hydroxyl groups is 1. The molecular weight excluding hydrogens is 487 g/mol. The fourth-order valence-electron chi connectivity index (χ4n) is 1.78. The quantitative estimate of drug-likeness (QED) is 0.494. The highest BCUT2D eigenvalue weighted by Gasteiger charge is 2.18. The number of aliphatic hydroxyl groups is 2. The highest BCUT2D eigenvalue weighted by atomic mass is 79.9. The van der Waals surface area contributed by atoms with Crippen molar-refractivity contribution >= 4 is 44.3 Å². The van der Waals surface area contributed by atoms with Crippen LogP contribution in [0, 0.1) is 0 Å². The predicted molar refractivity (Wildman–Crippen MR) is 98.4 cm³/mol. The van der Waals surface area contributed by atoms with Crippen LogP contribution in [0.3, 0.4) is 0 Å². The van der Waals surface area contributed by atoms with E-state index in [1.807, 2.05) is 0 Å². The average Bonchev–Trinajstić information content (AvgIpc) is 2.61. The maximum atomic E-state index is 10.9. The van der Waals surface area contributed by atoms with E-state index in [9.17, 15) is 4.79 Å². The van der Waals surface area contributed by atoms with Gasteiger partial charge in [-0.2, -0.15) is 0 Å². The Morgan fingerprint density at radius 2 is 1.84 bits per heavy atom. The zero-order valence-corrected chi connectivity index (χ0v) is 16.6. The number of nitrogens with zero attached hydrogens (tertiary/aromatic N) is 1. The summed E-state index contributed by atoms with van der Waals surface area (Å²) in [4.78, 5) is 17.5. The molecule has 1 aliphatic rings. The highest BCUT2D eigenvalue weighted by Crippen LogP contribution is 2.38. The van der Waals surface area contributed by atoms with Gasteiger partial charge in [-0.3, -0.25) is 9.78 Å². The molecule has 25 heavy (non-hydrogen) atoms. The van der Waals surface area contributed by atoms with Gasteiger partial charge in [-0.25, -0.2) is 0 Å². The van der Waals surface area contributed by atoms with Gasteiger partial charge in [0.25, 0.3) is 0 Å². The van der Waals surface area contributed by atoms with Crippen molar-refractivity contribution in [2.75, 3.05) is 13.2 Å². The molecule has 138 valence electrons. The summed E-state index contributed by atoms with van der Waals surface area (Å²) in [5, 5.41) is 26.4. The van der Waals surface area contributed by atoms with E-state index in [-0.39, 0.29) is 35.8 Å². The number of aromatic nitrogens is 2. The van der Waals surface area contributed by atoms with Crippen molar-refractivity contribution in [2.24, 2.45) is 0 Å². The second-order valence-corrected chi connectivity index (χ2v) is 6.11. The number of pyridine rings is 2. The van der Waals surface area contributed by atoms with Crippen molar-refractivity contribution in [1.82, 2.24) is 9.97 Å². The molecule has 3 heterocycles. The van der Waals surface area contributed by atoms with E-state index < -0.39 is 5.43 Å². The van der Waals surface area contributed by atoms with Crippen LogP contribution in [0.15, 0.2) is 26.1 Å². The molecule has 0 bridgehead atoms. The summed E-state index contributed by atoms with van der Waals surface area (Å²) in [5.74, 6) is 0.884. The molecule has 0 spiro atoms. The van der Waals surface area contributed by atoms with Gasteiger partial charge in [-0.15, -0.1) is 12.4 Å². The molecule has 0 fully saturated rings. The van der Waals surface area contributed by atoms with E-state index in [2.05, 4.69) is 41.8 Å². The minimum Gasteiger partial charge on any atom is -0.503 e. The van der Waals surface area contributed by atoms with Gasteiger partial charge in [-0.05, 0) is 31.9 Å². The first-order valence-corrected chi connectivity index (χ1v) is 8.31. The molecule has 3 rings (SSSR count). The van der Waals surface area contributed by atoms with E-state index >= 15 is 0 Å². The number of ether oxygens (including phenoxy) is 2. The van der Waals surface area contributed by atoms with Crippen LogP contribution >= 0.6 is 44.3 Å². The van der Waals surface area contributed by atoms with Crippen LogP contribution in [0.2, 0.25) is 0 Å². The number of nitrogens with one attached hydrogen (secondary N) is 1. The molecule has 0 saturated carbocycles. The molecule has 2 aromatic rings. The molecule has 4 N–H and O–H groups in total. The third kappa shape index (κ3) is 5.08. The van der Waals surface area contributed by atoms with Gasteiger partial charge in [0.1, 0.15) is 13.2 Å². The normalized spacial score (nSPS) is 11.8. The zero-order valence-electron chi connectivity index (χ0n) is 12.7. The number of aliphatic hydroxyl groups excluding tert-OH is 2. The molecule has 0 radical (unpaired) electrons. The number of fused-ring (bicyclic) bond motifs is 1. The van der Waals surface area contributed by atoms with Crippen LogP contribution in [0.1, 0.15) is 11.4 Å². The number of rotatable bonds is 2. The Balaban J connectivity index is 0.000000244. The lowest BCUT2D eigenvalue weighted by Crippen LogP contribution is -2.16. The smallest absolute Gasteiger partial charge is 0.237 e. The Hall–Kier alpha value is -1.33. The summed E-state index contributed by atoms with van der Waals surface area (Å²) < 4.78 is 11.5. The zero-order chi connectivity index (χ0) is 17.7. The molecule has 1 aliphatic heterocycles. The summed E-state index contributed by atoms with van der Waals surface area (Å²) in [7, 11) is 0. The number of hydrogen-bond donors (Lipinski definition) is 4. The van der Waals surface area contributed by atoms with Crippen molar-refractivity contribution in [3.63, 3.8) is 0 Å². The van der Waals surface area contributed by atoms with Crippen molar-refractivity contribution in [1.29, 1.82) is 0 Å². The summed E-state index contributed by atoms with van der Waals surface area (Å²) in [6.45, 7) is 0.688. The van der Waals surface area contributed by atoms with Crippen LogP contribution in [0.5, 0.6) is 17.2 Å². The van der Waals surface area contributed by atoms with Gasteiger partial charge in [0, 0.05) is 6.20 Å². The van der Waals surface area contributed by atoms with Crippen molar-refractivity contribution in [3.05, 3.63) is 43.0 Å². The first kappa shape index (κ1) is 21.7. The van der Waals surface area contributed by atoms with E-state index in [0.717, 1.165) is 6.20 Å². The van der Waals surface area contributed by atoms with Crippen LogP contribution in [0.4, 0.5) is 0 Å². The molecule has 11 heteroatoms. The Morgan fingerprint density at radius 1 is 1.16 bits per heavy atom. The molecule has 8 nitrogen and oxygen atoms in total. The highest BCUT2D eigenvalue weighted by molar-refractivity contribution is 9.10. The first-order valence-electron chi connectivity index (χ1n) is 6.73. The van der Waals surface area contributed by atoms with Crippen molar-refractivity contribution < 1.29 is 24.8 Å². The lowest BCUT2D eigenvalue weighted by atomic mass is 10.3. The molecule has 0 saturated heterocycles. The topological polar surface area (TPSA) is 125 Å². The van der Waals surface area contributed by atoms with E-state index in [0.29, 0.717) is 40.6 Å². The lowest BCUT2D eigenvalue weighted by molar-refractivity contribution is 0.168. The predicted octanol–water partition coefficient (Wildman–Crippen LogP) is 1.86. The van der Waals surface area contributed by atoms with Crippen LogP contribution in [0.25, 0.3) is 0 Å². The number of hydrogen-bond acceptors (Lipinski definition) is 7. The Labute approximate surface area is 165 Å². The minimum absolute atomic E-state index is 0. The Bertz CT molecular complexity index is 787. The third-order valence-electron chi connectivity index (χ3n) is 2.99. The van der Waals surface area contributed by atoms with Crippen LogP contribution < -0.4 is 14.9 Å². The van der Waals surface area contributed by atoms with Crippen LogP contribution in [-0.4, -0.2) is 38.5 Å². The van der Waals surface area contributed by atoms with Crippen LogP contribution in [-0.2, 0) is 13.2 Å².